The normalized spacial score (nSPS) is 21.7. The molecule has 1 atom stereocenters. The highest BCUT2D eigenvalue weighted by atomic mass is 79.9. The molecule has 1 heterocycles. The summed E-state index contributed by atoms with van der Waals surface area (Å²) < 4.78 is 1.32. The Hall–Kier alpha value is -0.340. The Morgan fingerprint density at radius 3 is 2.67 bits per heavy atom. The zero-order valence-electron chi connectivity index (χ0n) is 9.44. The van der Waals surface area contributed by atoms with E-state index in [1.807, 2.05) is 0 Å². The largest absolute Gasteiger partial charge is 0.316 e. The van der Waals surface area contributed by atoms with Gasteiger partial charge in [0.05, 0.1) is 0 Å². The molecule has 1 N–H and O–H groups in total. The summed E-state index contributed by atoms with van der Waals surface area (Å²) in [4.78, 5) is 0. The summed E-state index contributed by atoms with van der Waals surface area (Å²) in [6.07, 6.45) is 2.61. The molecule has 0 bridgehead atoms. The van der Waals surface area contributed by atoms with Crippen molar-refractivity contribution in [2.24, 2.45) is 0 Å². The molecule has 0 aromatic heterocycles. The SMILES string of the molecule is Cc1ccc(C)c(C2CCCNC2)c1Br. The molecular formula is C13H18BrN. The predicted molar refractivity (Wildman–Crippen MR) is 68.5 cm³/mol. The van der Waals surface area contributed by atoms with Gasteiger partial charge in [0.2, 0.25) is 0 Å². The number of hydrogen-bond acceptors (Lipinski definition) is 1. The highest BCUT2D eigenvalue weighted by Crippen LogP contribution is 2.34. The first-order valence-electron chi connectivity index (χ1n) is 5.66. The molecule has 0 radical (unpaired) electrons. The molecule has 1 aromatic carbocycles. The van der Waals surface area contributed by atoms with E-state index in [0.29, 0.717) is 5.92 Å². The first kappa shape index (κ1) is 11.2. The zero-order chi connectivity index (χ0) is 10.8. The molecule has 2 rings (SSSR count). The van der Waals surface area contributed by atoms with Crippen molar-refractivity contribution in [1.82, 2.24) is 5.32 Å². The van der Waals surface area contributed by atoms with Gasteiger partial charge in [0.15, 0.2) is 0 Å². The first-order valence-corrected chi connectivity index (χ1v) is 6.45. The van der Waals surface area contributed by atoms with Gasteiger partial charge in [0, 0.05) is 11.0 Å². The van der Waals surface area contributed by atoms with E-state index in [1.54, 1.807) is 0 Å². The van der Waals surface area contributed by atoms with Crippen LogP contribution in [0.3, 0.4) is 0 Å². The van der Waals surface area contributed by atoms with E-state index in [9.17, 15) is 0 Å². The lowest BCUT2D eigenvalue weighted by Crippen LogP contribution is -2.29. The second kappa shape index (κ2) is 4.67. The summed E-state index contributed by atoms with van der Waals surface area (Å²) in [6.45, 7) is 6.69. The van der Waals surface area contributed by atoms with Gasteiger partial charge >= 0.3 is 0 Å². The molecule has 1 aliphatic rings. The number of rotatable bonds is 1. The lowest BCUT2D eigenvalue weighted by atomic mass is 9.88. The minimum absolute atomic E-state index is 0.688. The van der Waals surface area contributed by atoms with Crippen LogP contribution in [0.25, 0.3) is 0 Å². The maximum absolute atomic E-state index is 3.74. The maximum Gasteiger partial charge on any atom is 0.0242 e. The number of halogens is 1. The van der Waals surface area contributed by atoms with E-state index in [1.165, 1.54) is 40.5 Å². The molecule has 0 amide bonds. The second-order valence-electron chi connectivity index (χ2n) is 4.47. The smallest absolute Gasteiger partial charge is 0.0242 e. The van der Waals surface area contributed by atoms with Crippen LogP contribution in [0, 0.1) is 13.8 Å². The zero-order valence-corrected chi connectivity index (χ0v) is 11.0. The lowest BCUT2D eigenvalue weighted by molar-refractivity contribution is 0.459. The van der Waals surface area contributed by atoms with Crippen molar-refractivity contribution in [3.05, 3.63) is 33.3 Å². The van der Waals surface area contributed by atoms with Gasteiger partial charge in [-0.25, -0.2) is 0 Å². The molecule has 0 spiro atoms. The molecule has 2 heteroatoms. The second-order valence-corrected chi connectivity index (χ2v) is 5.26. The van der Waals surface area contributed by atoms with Gasteiger partial charge in [-0.05, 0) is 55.8 Å². The van der Waals surface area contributed by atoms with E-state index in [0.717, 1.165) is 6.54 Å². The maximum atomic E-state index is 3.74. The fourth-order valence-electron chi connectivity index (χ4n) is 2.40. The van der Waals surface area contributed by atoms with Crippen LogP contribution in [0.15, 0.2) is 16.6 Å². The Morgan fingerprint density at radius 1 is 1.27 bits per heavy atom. The number of nitrogens with one attached hydrogen (secondary N) is 1. The van der Waals surface area contributed by atoms with E-state index >= 15 is 0 Å². The summed E-state index contributed by atoms with van der Waals surface area (Å²) in [5, 5.41) is 3.49. The topological polar surface area (TPSA) is 12.0 Å². The lowest BCUT2D eigenvalue weighted by Gasteiger charge is -2.26. The highest BCUT2D eigenvalue weighted by Gasteiger charge is 2.19. The number of piperidine rings is 1. The van der Waals surface area contributed by atoms with Crippen molar-refractivity contribution in [2.75, 3.05) is 13.1 Å². The van der Waals surface area contributed by atoms with Gasteiger partial charge < -0.3 is 5.32 Å². The fourth-order valence-corrected chi connectivity index (χ4v) is 3.17. The average molecular weight is 268 g/mol. The van der Waals surface area contributed by atoms with Crippen molar-refractivity contribution in [3.8, 4) is 0 Å². The number of benzene rings is 1. The van der Waals surface area contributed by atoms with Crippen LogP contribution in [0.5, 0.6) is 0 Å². The molecule has 1 nitrogen and oxygen atoms in total. The Bertz CT molecular complexity index is 354. The minimum Gasteiger partial charge on any atom is -0.316 e. The van der Waals surface area contributed by atoms with Gasteiger partial charge in [-0.1, -0.05) is 28.1 Å². The summed E-state index contributed by atoms with van der Waals surface area (Å²) >= 11 is 3.74. The highest BCUT2D eigenvalue weighted by molar-refractivity contribution is 9.10. The summed E-state index contributed by atoms with van der Waals surface area (Å²) in [5.41, 5.74) is 4.28. The molecule has 1 fully saturated rings. The van der Waals surface area contributed by atoms with E-state index < -0.39 is 0 Å². The predicted octanol–water partition coefficient (Wildman–Crippen LogP) is 3.53. The third-order valence-corrected chi connectivity index (χ3v) is 4.35. The summed E-state index contributed by atoms with van der Waals surface area (Å²) in [5.74, 6) is 0.688. The Kier molecular flexibility index (Phi) is 3.47. The fraction of sp³-hybridized carbons (Fsp3) is 0.538. The van der Waals surface area contributed by atoms with Crippen molar-refractivity contribution < 1.29 is 0 Å². The van der Waals surface area contributed by atoms with Crippen LogP contribution >= 0.6 is 15.9 Å². The van der Waals surface area contributed by atoms with Crippen molar-refractivity contribution >= 4 is 15.9 Å². The molecule has 0 aliphatic carbocycles. The quantitative estimate of drug-likeness (QED) is 0.821. The molecule has 1 aromatic rings. The van der Waals surface area contributed by atoms with Crippen LogP contribution < -0.4 is 5.32 Å². The van der Waals surface area contributed by atoms with Crippen LogP contribution in [-0.4, -0.2) is 13.1 Å². The monoisotopic (exact) mass is 267 g/mol. The van der Waals surface area contributed by atoms with Crippen molar-refractivity contribution in [1.29, 1.82) is 0 Å². The molecule has 1 unspecified atom stereocenters. The molecular weight excluding hydrogens is 250 g/mol. The molecule has 1 aliphatic heterocycles. The van der Waals surface area contributed by atoms with Crippen LogP contribution in [0.2, 0.25) is 0 Å². The first-order chi connectivity index (χ1) is 7.20. The molecule has 0 saturated carbocycles. The Balaban J connectivity index is 2.36. The molecule has 1 saturated heterocycles. The Morgan fingerprint density at radius 2 is 2.00 bits per heavy atom. The van der Waals surface area contributed by atoms with Gasteiger partial charge in [0.1, 0.15) is 0 Å². The molecule has 15 heavy (non-hydrogen) atoms. The average Bonchev–Trinajstić information content (AvgIpc) is 2.26. The van der Waals surface area contributed by atoms with Crippen LogP contribution in [0.1, 0.15) is 35.4 Å². The standard InChI is InChI=1S/C13H18BrN/c1-9-5-6-10(2)13(14)12(9)11-4-3-7-15-8-11/h5-6,11,15H,3-4,7-8H2,1-2H3. The third-order valence-electron chi connectivity index (χ3n) is 3.30. The van der Waals surface area contributed by atoms with E-state index in [4.69, 9.17) is 0 Å². The van der Waals surface area contributed by atoms with Gasteiger partial charge in [-0.15, -0.1) is 0 Å². The van der Waals surface area contributed by atoms with Gasteiger partial charge in [-0.3, -0.25) is 0 Å². The third kappa shape index (κ3) is 2.26. The van der Waals surface area contributed by atoms with E-state index in [-0.39, 0.29) is 0 Å². The van der Waals surface area contributed by atoms with Crippen LogP contribution in [0.4, 0.5) is 0 Å². The minimum atomic E-state index is 0.688. The summed E-state index contributed by atoms with van der Waals surface area (Å²) in [6, 6.07) is 4.43. The van der Waals surface area contributed by atoms with Gasteiger partial charge in [0.25, 0.3) is 0 Å². The Labute approximate surface area is 100 Å². The van der Waals surface area contributed by atoms with Crippen molar-refractivity contribution in [2.45, 2.75) is 32.6 Å². The van der Waals surface area contributed by atoms with Crippen LogP contribution in [-0.2, 0) is 0 Å². The summed E-state index contributed by atoms with van der Waals surface area (Å²) in [7, 11) is 0. The number of aryl methyl sites for hydroxylation is 2. The number of hydrogen-bond donors (Lipinski definition) is 1. The van der Waals surface area contributed by atoms with Crippen molar-refractivity contribution in [3.63, 3.8) is 0 Å². The van der Waals surface area contributed by atoms with E-state index in [2.05, 4.69) is 47.2 Å². The van der Waals surface area contributed by atoms with Gasteiger partial charge in [-0.2, -0.15) is 0 Å². The molecule has 82 valence electrons.